The van der Waals surface area contributed by atoms with Crippen molar-refractivity contribution < 1.29 is 4.74 Å². The summed E-state index contributed by atoms with van der Waals surface area (Å²) in [6.07, 6.45) is 7.77. The lowest BCUT2D eigenvalue weighted by Gasteiger charge is -2.25. The second-order valence-corrected chi connectivity index (χ2v) is 6.16. The predicted molar refractivity (Wildman–Crippen MR) is 98.3 cm³/mol. The summed E-state index contributed by atoms with van der Waals surface area (Å²) < 4.78 is 5.29. The van der Waals surface area contributed by atoms with Crippen molar-refractivity contribution in [2.45, 2.75) is 13.5 Å². The first kappa shape index (κ1) is 15.4. The van der Waals surface area contributed by atoms with E-state index in [0.29, 0.717) is 6.54 Å². The highest BCUT2D eigenvalue weighted by molar-refractivity contribution is 5.64. The van der Waals surface area contributed by atoms with Crippen molar-refractivity contribution in [3.05, 3.63) is 77.6 Å². The van der Waals surface area contributed by atoms with Crippen LogP contribution in [0.1, 0.15) is 11.3 Å². The van der Waals surface area contributed by atoms with Gasteiger partial charge in [0.2, 0.25) is 0 Å². The maximum Gasteiger partial charge on any atom is 0.131 e. The summed E-state index contributed by atoms with van der Waals surface area (Å²) in [6.45, 7) is 3.48. The fourth-order valence-corrected chi connectivity index (χ4v) is 3.04. The highest BCUT2D eigenvalue weighted by atomic mass is 16.5. The first-order valence-electron chi connectivity index (χ1n) is 8.28. The molecule has 0 fully saturated rings. The third kappa shape index (κ3) is 3.13. The molecule has 2 aromatic rings. The lowest BCUT2D eigenvalue weighted by Crippen LogP contribution is -2.27. The summed E-state index contributed by atoms with van der Waals surface area (Å²) >= 11 is 0. The van der Waals surface area contributed by atoms with Crippen molar-refractivity contribution >= 4 is 6.34 Å². The average Bonchev–Trinajstić information content (AvgIpc) is 3.04. The Morgan fingerprint density at radius 1 is 1.08 bits per heavy atom. The third-order valence-corrected chi connectivity index (χ3v) is 4.41. The molecular formula is C20H20N4O. The molecule has 0 radical (unpaired) electrons. The molecule has 5 heteroatoms. The molecule has 0 aliphatic carbocycles. The van der Waals surface area contributed by atoms with E-state index in [-0.39, 0.29) is 0 Å². The van der Waals surface area contributed by atoms with Crippen molar-refractivity contribution in [2.24, 2.45) is 5.10 Å². The molecule has 0 saturated heterocycles. The van der Waals surface area contributed by atoms with E-state index in [1.165, 1.54) is 16.7 Å². The average molecular weight is 332 g/mol. The molecule has 0 spiro atoms. The van der Waals surface area contributed by atoms with Crippen LogP contribution in [-0.4, -0.2) is 34.9 Å². The van der Waals surface area contributed by atoms with Gasteiger partial charge >= 0.3 is 0 Å². The summed E-state index contributed by atoms with van der Waals surface area (Å²) in [5.74, 6) is 1.99. The van der Waals surface area contributed by atoms with Crippen LogP contribution >= 0.6 is 0 Å². The van der Waals surface area contributed by atoms with Crippen molar-refractivity contribution in [2.75, 3.05) is 13.7 Å². The van der Waals surface area contributed by atoms with Crippen molar-refractivity contribution in [1.29, 1.82) is 0 Å². The Morgan fingerprint density at radius 2 is 1.92 bits per heavy atom. The third-order valence-electron chi connectivity index (χ3n) is 4.41. The molecule has 3 heterocycles. The fourth-order valence-electron chi connectivity index (χ4n) is 3.04. The summed E-state index contributed by atoms with van der Waals surface area (Å²) in [4.78, 5) is 6.40. The molecule has 1 aromatic heterocycles. The first-order valence-corrected chi connectivity index (χ1v) is 8.28. The normalized spacial score (nSPS) is 15.8. The van der Waals surface area contributed by atoms with E-state index >= 15 is 0 Å². The molecule has 0 N–H and O–H groups in total. The van der Waals surface area contributed by atoms with Crippen LogP contribution < -0.4 is 0 Å². The van der Waals surface area contributed by atoms with Gasteiger partial charge in [-0.2, -0.15) is 5.10 Å². The predicted octanol–water partition coefficient (Wildman–Crippen LogP) is 3.50. The Hall–Kier alpha value is -3.08. The Bertz CT molecular complexity index is 868. The molecule has 0 bridgehead atoms. The standard InChI is InChI=1S/C20H20N4O/c1-15-11-18(9-10-21-15)17-5-3-16(4-6-17)12-23-14-22-24-13-19(25-2)7-8-20(23)24/h3-11,14H,12-13H2,1-2H3. The van der Waals surface area contributed by atoms with Gasteiger partial charge in [-0.3, -0.25) is 4.98 Å². The molecular weight excluding hydrogens is 312 g/mol. The van der Waals surface area contributed by atoms with E-state index in [4.69, 9.17) is 4.74 Å². The molecule has 2 aliphatic heterocycles. The Morgan fingerprint density at radius 3 is 2.68 bits per heavy atom. The van der Waals surface area contributed by atoms with Gasteiger partial charge in [0.05, 0.1) is 13.7 Å². The Labute approximate surface area is 147 Å². The molecule has 25 heavy (non-hydrogen) atoms. The van der Waals surface area contributed by atoms with Gasteiger partial charge in [0.15, 0.2) is 0 Å². The molecule has 4 rings (SSSR count). The van der Waals surface area contributed by atoms with Crippen LogP contribution in [0.15, 0.2) is 71.4 Å². The number of methoxy groups -OCH3 is 1. The monoisotopic (exact) mass is 332 g/mol. The van der Waals surface area contributed by atoms with Crippen molar-refractivity contribution in [3.8, 4) is 11.1 Å². The van der Waals surface area contributed by atoms with E-state index < -0.39 is 0 Å². The molecule has 0 saturated carbocycles. The highest BCUT2D eigenvalue weighted by Gasteiger charge is 2.24. The van der Waals surface area contributed by atoms with Crippen molar-refractivity contribution in [3.63, 3.8) is 0 Å². The molecule has 0 atom stereocenters. The zero-order chi connectivity index (χ0) is 17.2. The molecule has 0 amide bonds. The van der Waals surface area contributed by atoms with Crippen LogP contribution in [0, 0.1) is 6.92 Å². The fraction of sp³-hybridized carbons (Fsp3) is 0.200. The number of allylic oxidation sites excluding steroid dienone is 2. The van der Waals surface area contributed by atoms with Crippen LogP contribution in [0.4, 0.5) is 0 Å². The van der Waals surface area contributed by atoms with Crippen LogP contribution in [0.25, 0.3) is 11.1 Å². The van der Waals surface area contributed by atoms with Gasteiger partial charge in [-0.05, 0) is 47.9 Å². The first-order chi connectivity index (χ1) is 12.2. The number of aromatic nitrogens is 1. The Kier molecular flexibility index (Phi) is 3.98. The van der Waals surface area contributed by atoms with Gasteiger partial charge < -0.3 is 9.64 Å². The van der Waals surface area contributed by atoms with Crippen LogP contribution in [0.3, 0.4) is 0 Å². The minimum absolute atomic E-state index is 0.676. The van der Waals surface area contributed by atoms with Crippen LogP contribution in [0.5, 0.6) is 0 Å². The van der Waals surface area contributed by atoms with E-state index in [0.717, 1.165) is 23.8 Å². The lowest BCUT2D eigenvalue weighted by atomic mass is 10.0. The van der Waals surface area contributed by atoms with Gasteiger partial charge in [-0.1, -0.05) is 24.3 Å². The topological polar surface area (TPSA) is 41.0 Å². The number of rotatable bonds is 4. The second kappa shape index (κ2) is 6.43. The Balaban J connectivity index is 1.50. The minimum Gasteiger partial charge on any atom is -0.499 e. The maximum atomic E-state index is 5.29. The quantitative estimate of drug-likeness (QED) is 0.859. The van der Waals surface area contributed by atoms with Gasteiger partial charge in [-0.25, -0.2) is 5.01 Å². The zero-order valence-corrected chi connectivity index (χ0v) is 14.4. The van der Waals surface area contributed by atoms with Gasteiger partial charge in [0.25, 0.3) is 0 Å². The smallest absolute Gasteiger partial charge is 0.131 e. The number of ether oxygens (including phenoxy) is 1. The molecule has 0 unspecified atom stereocenters. The number of benzene rings is 1. The largest absolute Gasteiger partial charge is 0.499 e. The van der Waals surface area contributed by atoms with E-state index in [9.17, 15) is 0 Å². The van der Waals surface area contributed by atoms with E-state index in [2.05, 4.69) is 45.3 Å². The van der Waals surface area contributed by atoms with E-state index in [1.54, 1.807) is 7.11 Å². The van der Waals surface area contributed by atoms with Crippen molar-refractivity contribution in [1.82, 2.24) is 14.9 Å². The summed E-state index contributed by atoms with van der Waals surface area (Å²) in [7, 11) is 1.69. The highest BCUT2D eigenvalue weighted by Crippen LogP contribution is 2.25. The number of hydrazone groups is 1. The van der Waals surface area contributed by atoms with Gasteiger partial charge in [0.1, 0.15) is 24.5 Å². The molecule has 126 valence electrons. The van der Waals surface area contributed by atoms with Gasteiger partial charge in [-0.15, -0.1) is 0 Å². The summed E-state index contributed by atoms with van der Waals surface area (Å²) in [5, 5.41) is 6.40. The maximum absolute atomic E-state index is 5.29. The zero-order valence-electron chi connectivity index (χ0n) is 14.4. The number of hydrogen-bond acceptors (Lipinski definition) is 5. The number of aryl methyl sites for hydroxylation is 1. The number of hydrogen-bond donors (Lipinski definition) is 0. The number of fused-ring (bicyclic) bond motifs is 1. The lowest BCUT2D eigenvalue weighted by molar-refractivity contribution is 0.226. The molecule has 5 nitrogen and oxygen atoms in total. The number of nitrogens with zero attached hydrogens (tertiary/aromatic N) is 4. The second-order valence-electron chi connectivity index (χ2n) is 6.16. The number of pyridine rings is 1. The minimum atomic E-state index is 0.676. The summed E-state index contributed by atoms with van der Waals surface area (Å²) in [5.41, 5.74) is 4.67. The summed E-state index contributed by atoms with van der Waals surface area (Å²) in [6, 6.07) is 12.8. The SMILES string of the molecule is COC1=CC=C2N(Cc3ccc(-c4ccnc(C)c4)cc3)C=NN2C1. The molecule has 2 aliphatic rings. The van der Waals surface area contributed by atoms with Crippen LogP contribution in [-0.2, 0) is 11.3 Å². The molecule has 1 aromatic carbocycles. The van der Waals surface area contributed by atoms with E-state index in [1.807, 2.05) is 42.7 Å². The van der Waals surface area contributed by atoms with Gasteiger partial charge in [0, 0.05) is 11.9 Å². The van der Waals surface area contributed by atoms with Crippen LogP contribution in [0.2, 0.25) is 0 Å².